The van der Waals surface area contributed by atoms with Crippen molar-refractivity contribution in [2.24, 2.45) is 39.7 Å². The molecule has 4 aliphatic carbocycles. The second-order valence-corrected chi connectivity index (χ2v) is 10.9. The number of carbonyl (C=O) groups excluding carboxylic acids is 2. The Morgan fingerprint density at radius 3 is 2.67 bits per heavy atom. The van der Waals surface area contributed by atoms with Gasteiger partial charge in [-0.3, -0.25) is 9.59 Å². The Kier molecular flexibility index (Phi) is 5.95. The van der Waals surface area contributed by atoms with E-state index in [0.717, 1.165) is 51.5 Å². The summed E-state index contributed by atoms with van der Waals surface area (Å²) in [4.78, 5) is 33.2. The van der Waals surface area contributed by atoms with Crippen molar-refractivity contribution in [1.29, 1.82) is 0 Å². The molecular formula is C25H38N2O3. The zero-order valence-electron chi connectivity index (χ0n) is 19.2. The number of likely N-dealkylation sites (N-methyl/N-ethyl adjacent to an activating group) is 1. The Balaban J connectivity index is 1.44. The highest BCUT2D eigenvalue weighted by Crippen LogP contribution is 2.65. The lowest BCUT2D eigenvalue weighted by Crippen LogP contribution is -2.56. The maximum atomic E-state index is 13.3. The van der Waals surface area contributed by atoms with E-state index in [2.05, 4.69) is 30.0 Å². The number of oxime groups is 1. The summed E-state index contributed by atoms with van der Waals surface area (Å²) in [6.45, 7) is 5.99. The third-order valence-corrected chi connectivity index (χ3v) is 9.14. The predicted octanol–water partition coefficient (Wildman–Crippen LogP) is 4.27. The van der Waals surface area contributed by atoms with Gasteiger partial charge >= 0.3 is 0 Å². The van der Waals surface area contributed by atoms with Crippen molar-refractivity contribution in [2.75, 3.05) is 27.2 Å². The summed E-state index contributed by atoms with van der Waals surface area (Å²) in [5, 5.41) is 4.05. The van der Waals surface area contributed by atoms with E-state index in [1.165, 1.54) is 5.57 Å². The van der Waals surface area contributed by atoms with E-state index in [4.69, 9.17) is 4.84 Å². The molecule has 5 heteroatoms. The molecule has 6 atom stereocenters. The summed E-state index contributed by atoms with van der Waals surface area (Å²) < 4.78 is 0. The van der Waals surface area contributed by atoms with Gasteiger partial charge in [-0.15, -0.1) is 0 Å². The van der Waals surface area contributed by atoms with E-state index in [-0.39, 0.29) is 16.7 Å². The predicted molar refractivity (Wildman–Crippen MR) is 118 cm³/mol. The zero-order valence-corrected chi connectivity index (χ0v) is 19.2. The Morgan fingerprint density at radius 1 is 1.10 bits per heavy atom. The van der Waals surface area contributed by atoms with Crippen LogP contribution in [0.15, 0.2) is 16.8 Å². The first-order valence-corrected chi connectivity index (χ1v) is 11.8. The number of ketones is 2. The molecule has 0 aromatic carbocycles. The number of carbonyl (C=O) groups is 2. The molecule has 0 bridgehead atoms. The molecule has 0 unspecified atom stereocenters. The fraction of sp³-hybridized carbons (Fsp3) is 0.800. The number of nitrogens with zero attached hydrogens (tertiary/aromatic N) is 2. The maximum Gasteiger partial charge on any atom is 0.139 e. The molecule has 5 nitrogen and oxygen atoms in total. The molecule has 0 spiro atoms. The standard InChI is InChI=1S/C25H38N2O3/c1-24-10-7-17(9-12-26-30-14-13-27(3)4)15-21(24)22(28)16-18-19-5-6-23(29)25(19,2)11-8-20(18)24/h9,12,18-21H,5-8,10-11,13-16H2,1-4H3/b17-9+,26-12+/t18-,19-,20-,21+,24+,25-/m0/s1. The van der Waals surface area contributed by atoms with E-state index < -0.39 is 0 Å². The van der Waals surface area contributed by atoms with Gasteiger partial charge in [0.15, 0.2) is 0 Å². The van der Waals surface area contributed by atoms with Crippen LogP contribution in [-0.2, 0) is 14.4 Å². The third-order valence-electron chi connectivity index (χ3n) is 9.14. The number of rotatable bonds is 5. The van der Waals surface area contributed by atoms with Crippen molar-refractivity contribution in [3.05, 3.63) is 11.6 Å². The minimum atomic E-state index is -0.159. The van der Waals surface area contributed by atoms with Gasteiger partial charge in [0.05, 0.1) is 6.21 Å². The molecule has 4 saturated carbocycles. The highest BCUT2D eigenvalue weighted by atomic mass is 16.6. The molecule has 0 aliphatic heterocycles. The van der Waals surface area contributed by atoms with Crippen LogP contribution in [0.25, 0.3) is 0 Å². The zero-order chi connectivity index (χ0) is 21.5. The fourth-order valence-corrected chi connectivity index (χ4v) is 7.27. The van der Waals surface area contributed by atoms with Gasteiger partial charge in [0.1, 0.15) is 18.2 Å². The molecule has 30 heavy (non-hydrogen) atoms. The molecule has 4 fully saturated rings. The first-order chi connectivity index (χ1) is 14.3. The van der Waals surface area contributed by atoms with Crippen molar-refractivity contribution >= 4 is 17.8 Å². The van der Waals surface area contributed by atoms with Crippen LogP contribution < -0.4 is 0 Å². The van der Waals surface area contributed by atoms with Crippen LogP contribution >= 0.6 is 0 Å². The molecular weight excluding hydrogens is 376 g/mol. The molecule has 4 aliphatic rings. The first-order valence-electron chi connectivity index (χ1n) is 11.8. The lowest BCUT2D eigenvalue weighted by atomic mass is 9.45. The Labute approximate surface area is 181 Å². The average molecular weight is 415 g/mol. The van der Waals surface area contributed by atoms with Gasteiger partial charge in [-0.05, 0) is 81.9 Å². The highest BCUT2D eigenvalue weighted by molar-refractivity contribution is 5.88. The van der Waals surface area contributed by atoms with Gasteiger partial charge in [-0.2, -0.15) is 0 Å². The van der Waals surface area contributed by atoms with Crippen LogP contribution in [0, 0.1) is 34.5 Å². The second-order valence-electron chi connectivity index (χ2n) is 10.9. The molecule has 0 aromatic heterocycles. The van der Waals surface area contributed by atoms with Gasteiger partial charge in [0.2, 0.25) is 0 Å². The summed E-state index contributed by atoms with van der Waals surface area (Å²) in [7, 11) is 4.02. The molecule has 0 aromatic rings. The number of hydrogen-bond acceptors (Lipinski definition) is 5. The molecule has 166 valence electrons. The van der Waals surface area contributed by atoms with Crippen LogP contribution in [0.3, 0.4) is 0 Å². The van der Waals surface area contributed by atoms with Gasteiger partial charge in [0, 0.05) is 30.7 Å². The topological polar surface area (TPSA) is 59.0 Å². The number of fused-ring (bicyclic) bond motifs is 5. The smallest absolute Gasteiger partial charge is 0.139 e. The van der Waals surface area contributed by atoms with Crippen LogP contribution in [0.5, 0.6) is 0 Å². The van der Waals surface area contributed by atoms with E-state index >= 15 is 0 Å². The summed E-state index contributed by atoms with van der Waals surface area (Å²) in [5.41, 5.74) is 1.25. The summed E-state index contributed by atoms with van der Waals surface area (Å²) in [6, 6.07) is 0. The van der Waals surface area contributed by atoms with Crippen molar-refractivity contribution in [3.8, 4) is 0 Å². The number of Topliss-reactive ketones (excluding diaryl/α,β-unsaturated/α-hetero) is 2. The molecule has 0 saturated heterocycles. The van der Waals surface area contributed by atoms with E-state index in [1.807, 2.05) is 14.1 Å². The molecule has 0 N–H and O–H groups in total. The SMILES string of the molecule is CN(C)CCO/N=C/C=C1\CC[C@@]2(C)[C@H](C1)C(=O)C[C@@H]1[C@@H]2CC[C@]2(C)C(=O)CC[C@@H]12. The monoisotopic (exact) mass is 414 g/mol. The van der Waals surface area contributed by atoms with Crippen LogP contribution in [0.4, 0.5) is 0 Å². The van der Waals surface area contributed by atoms with E-state index in [1.54, 1.807) is 6.21 Å². The molecule has 0 heterocycles. The van der Waals surface area contributed by atoms with Crippen molar-refractivity contribution in [3.63, 3.8) is 0 Å². The fourth-order valence-electron chi connectivity index (χ4n) is 7.27. The van der Waals surface area contributed by atoms with Gasteiger partial charge in [-0.25, -0.2) is 0 Å². The van der Waals surface area contributed by atoms with Crippen LogP contribution in [0.1, 0.15) is 65.2 Å². The maximum absolute atomic E-state index is 13.3. The minimum absolute atomic E-state index is 0.0870. The van der Waals surface area contributed by atoms with Crippen molar-refractivity contribution in [1.82, 2.24) is 4.90 Å². The average Bonchev–Trinajstić information content (AvgIpc) is 3.00. The Bertz CT molecular complexity index is 757. The summed E-state index contributed by atoms with van der Waals surface area (Å²) in [5.74, 6) is 2.45. The largest absolute Gasteiger partial charge is 0.394 e. The first kappa shape index (κ1) is 21.7. The third kappa shape index (κ3) is 3.68. The van der Waals surface area contributed by atoms with E-state index in [9.17, 15) is 9.59 Å². The lowest BCUT2D eigenvalue weighted by Gasteiger charge is -2.58. The van der Waals surface area contributed by atoms with Gasteiger partial charge < -0.3 is 9.74 Å². The Hall–Kier alpha value is -1.49. The number of hydrogen-bond donors (Lipinski definition) is 0. The summed E-state index contributed by atoms with van der Waals surface area (Å²) in [6.07, 6.45) is 11.3. The van der Waals surface area contributed by atoms with Crippen molar-refractivity contribution in [2.45, 2.75) is 65.2 Å². The quantitative estimate of drug-likeness (QED) is 0.383. The molecule has 4 rings (SSSR count). The lowest BCUT2D eigenvalue weighted by molar-refractivity contribution is -0.153. The molecule has 0 radical (unpaired) electrons. The number of allylic oxidation sites excluding steroid dienone is 2. The van der Waals surface area contributed by atoms with Crippen LogP contribution in [-0.4, -0.2) is 49.9 Å². The summed E-state index contributed by atoms with van der Waals surface area (Å²) >= 11 is 0. The normalized spacial score (nSPS) is 42.5. The van der Waals surface area contributed by atoms with Crippen molar-refractivity contribution < 1.29 is 14.4 Å². The van der Waals surface area contributed by atoms with Gasteiger partial charge in [-0.1, -0.05) is 24.6 Å². The second kappa shape index (κ2) is 8.22. The molecule has 0 amide bonds. The minimum Gasteiger partial charge on any atom is -0.394 e. The highest BCUT2D eigenvalue weighted by Gasteiger charge is 2.61. The van der Waals surface area contributed by atoms with E-state index in [0.29, 0.717) is 42.3 Å². The van der Waals surface area contributed by atoms with Gasteiger partial charge in [0.25, 0.3) is 0 Å². The van der Waals surface area contributed by atoms with Crippen LogP contribution in [0.2, 0.25) is 0 Å². The Morgan fingerprint density at radius 2 is 1.90 bits per heavy atom.